The van der Waals surface area contributed by atoms with Gasteiger partial charge in [0.2, 0.25) is 0 Å². The van der Waals surface area contributed by atoms with E-state index in [2.05, 4.69) is 144 Å². The number of rotatable bonds is 3. The standard InChI is InChI=1S/C37H24ClN/c38-25-22-23-33-30(24-25)28-16-7-9-18-31(28)37(33)32-19-10-8-17-29(32)36-34(37)20-11-21-35(36)39(26-12-3-1-4-13-26)27-14-5-2-6-15-27/h1-24H. The van der Waals surface area contributed by atoms with E-state index in [0.29, 0.717) is 0 Å². The van der Waals surface area contributed by atoms with Crippen LogP contribution >= 0.6 is 11.6 Å². The minimum Gasteiger partial charge on any atom is -0.310 e. The lowest BCUT2D eigenvalue weighted by Gasteiger charge is -2.31. The zero-order valence-corrected chi connectivity index (χ0v) is 21.9. The predicted octanol–water partition coefficient (Wildman–Crippen LogP) is 10.2. The first-order valence-electron chi connectivity index (χ1n) is 13.3. The highest BCUT2D eigenvalue weighted by molar-refractivity contribution is 6.31. The summed E-state index contributed by atoms with van der Waals surface area (Å²) < 4.78 is 0. The van der Waals surface area contributed by atoms with Gasteiger partial charge in [-0.15, -0.1) is 0 Å². The van der Waals surface area contributed by atoms with Gasteiger partial charge in [-0.05, 0) is 81.4 Å². The molecule has 1 unspecified atom stereocenters. The molecule has 0 bridgehead atoms. The molecule has 8 rings (SSSR count). The number of hydrogen-bond acceptors (Lipinski definition) is 1. The van der Waals surface area contributed by atoms with Crippen molar-refractivity contribution < 1.29 is 0 Å². The van der Waals surface area contributed by atoms with Crippen molar-refractivity contribution in [2.75, 3.05) is 4.90 Å². The molecule has 39 heavy (non-hydrogen) atoms. The van der Waals surface area contributed by atoms with Crippen molar-refractivity contribution in [2.45, 2.75) is 5.41 Å². The first-order valence-corrected chi connectivity index (χ1v) is 13.7. The summed E-state index contributed by atoms with van der Waals surface area (Å²) >= 11 is 6.58. The second-order valence-electron chi connectivity index (χ2n) is 10.2. The zero-order valence-electron chi connectivity index (χ0n) is 21.2. The normalized spacial score (nSPS) is 15.9. The van der Waals surface area contributed by atoms with Crippen LogP contribution in [0.5, 0.6) is 0 Å². The third kappa shape index (κ3) is 3.02. The first-order chi connectivity index (χ1) is 19.3. The lowest BCUT2D eigenvalue weighted by molar-refractivity contribution is 0.794. The Hall–Kier alpha value is -4.59. The Morgan fingerprint density at radius 2 is 0.974 bits per heavy atom. The number of hydrogen-bond donors (Lipinski definition) is 0. The van der Waals surface area contributed by atoms with Gasteiger partial charge in [0.25, 0.3) is 0 Å². The van der Waals surface area contributed by atoms with Crippen LogP contribution in [0.15, 0.2) is 146 Å². The van der Waals surface area contributed by atoms with Gasteiger partial charge in [-0.1, -0.05) is 115 Å². The van der Waals surface area contributed by atoms with Crippen LogP contribution in [0, 0.1) is 0 Å². The molecule has 1 atom stereocenters. The summed E-state index contributed by atoms with van der Waals surface area (Å²) in [5, 5.41) is 0.764. The SMILES string of the molecule is Clc1ccc2c(c1)-c1ccccc1C21c2ccccc2-c2c(N(c3ccccc3)c3ccccc3)cccc21. The topological polar surface area (TPSA) is 3.24 Å². The smallest absolute Gasteiger partial charge is 0.0726 e. The monoisotopic (exact) mass is 517 g/mol. The van der Waals surface area contributed by atoms with E-state index < -0.39 is 5.41 Å². The van der Waals surface area contributed by atoms with Crippen LogP contribution in [0.2, 0.25) is 5.02 Å². The summed E-state index contributed by atoms with van der Waals surface area (Å²) in [5.74, 6) is 0. The fourth-order valence-electron chi connectivity index (χ4n) is 6.91. The number of nitrogens with zero attached hydrogens (tertiary/aromatic N) is 1. The molecule has 2 heteroatoms. The van der Waals surface area contributed by atoms with Crippen LogP contribution in [0.1, 0.15) is 22.3 Å². The van der Waals surface area contributed by atoms with E-state index in [0.717, 1.165) is 16.4 Å². The molecule has 0 radical (unpaired) electrons. The van der Waals surface area contributed by atoms with Crippen LogP contribution in [0.4, 0.5) is 17.1 Å². The molecule has 6 aromatic rings. The molecule has 1 spiro atoms. The molecule has 2 aliphatic carbocycles. The first kappa shape index (κ1) is 22.4. The van der Waals surface area contributed by atoms with Crippen LogP contribution in [-0.4, -0.2) is 0 Å². The van der Waals surface area contributed by atoms with E-state index in [1.165, 1.54) is 50.2 Å². The largest absolute Gasteiger partial charge is 0.310 e. The van der Waals surface area contributed by atoms with Crippen LogP contribution < -0.4 is 4.90 Å². The summed E-state index contributed by atoms with van der Waals surface area (Å²) in [6.45, 7) is 0. The molecule has 0 aliphatic heterocycles. The van der Waals surface area contributed by atoms with Crippen molar-refractivity contribution in [3.8, 4) is 22.3 Å². The lowest BCUT2D eigenvalue weighted by atomic mass is 9.70. The van der Waals surface area contributed by atoms with Crippen LogP contribution in [0.25, 0.3) is 22.3 Å². The molecule has 1 nitrogen and oxygen atoms in total. The highest BCUT2D eigenvalue weighted by Crippen LogP contribution is 2.64. The summed E-state index contributed by atoms with van der Waals surface area (Å²) in [4.78, 5) is 2.39. The van der Waals surface area contributed by atoms with Crippen molar-refractivity contribution in [3.63, 3.8) is 0 Å². The Balaban J connectivity index is 1.50. The number of fused-ring (bicyclic) bond motifs is 10. The molecule has 6 aromatic carbocycles. The van der Waals surface area contributed by atoms with Crippen LogP contribution in [0.3, 0.4) is 0 Å². The van der Waals surface area contributed by atoms with Gasteiger partial charge < -0.3 is 4.90 Å². The maximum atomic E-state index is 6.58. The average molecular weight is 518 g/mol. The third-order valence-corrected chi connectivity index (χ3v) is 8.56. The summed E-state index contributed by atoms with van der Waals surface area (Å²) in [6.07, 6.45) is 0. The Morgan fingerprint density at radius 3 is 1.67 bits per heavy atom. The van der Waals surface area contributed by atoms with Gasteiger partial charge in [0.1, 0.15) is 0 Å². The van der Waals surface area contributed by atoms with E-state index in [-0.39, 0.29) is 0 Å². The molecule has 0 amide bonds. The number of para-hydroxylation sites is 2. The van der Waals surface area contributed by atoms with Crippen molar-refractivity contribution in [1.29, 1.82) is 0 Å². The second kappa shape index (κ2) is 8.46. The molecule has 0 saturated heterocycles. The van der Waals surface area contributed by atoms with Gasteiger partial charge in [0.05, 0.1) is 11.1 Å². The molecule has 0 N–H and O–H groups in total. The number of halogens is 1. The predicted molar refractivity (Wildman–Crippen MR) is 162 cm³/mol. The maximum absolute atomic E-state index is 6.58. The van der Waals surface area contributed by atoms with Crippen molar-refractivity contribution in [2.24, 2.45) is 0 Å². The van der Waals surface area contributed by atoms with E-state index in [4.69, 9.17) is 11.6 Å². The molecular weight excluding hydrogens is 494 g/mol. The van der Waals surface area contributed by atoms with Gasteiger partial charge >= 0.3 is 0 Å². The minimum atomic E-state index is -0.405. The number of anilines is 3. The molecule has 184 valence electrons. The Bertz CT molecular complexity index is 1840. The van der Waals surface area contributed by atoms with Crippen molar-refractivity contribution >= 4 is 28.7 Å². The van der Waals surface area contributed by atoms with Gasteiger partial charge in [-0.3, -0.25) is 0 Å². The van der Waals surface area contributed by atoms with Gasteiger partial charge in [-0.2, -0.15) is 0 Å². The highest BCUT2D eigenvalue weighted by Gasteiger charge is 2.52. The quantitative estimate of drug-likeness (QED) is 0.225. The molecule has 0 heterocycles. The maximum Gasteiger partial charge on any atom is 0.0726 e. The zero-order chi connectivity index (χ0) is 26.0. The molecule has 0 fully saturated rings. The van der Waals surface area contributed by atoms with E-state index >= 15 is 0 Å². The lowest BCUT2D eigenvalue weighted by Crippen LogP contribution is -2.26. The van der Waals surface area contributed by atoms with Gasteiger partial charge in [0.15, 0.2) is 0 Å². The van der Waals surface area contributed by atoms with Crippen molar-refractivity contribution in [1.82, 2.24) is 0 Å². The molecule has 2 aliphatic rings. The summed E-state index contributed by atoms with van der Waals surface area (Å²) in [6, 6.07) is 52.3. The summed E-state index contributed by atoms with van der Waals surface area (Å²) in [7, 11) is 0. The van der Waals surface area contributed by atoms with E-state index in [1.807, 2.05) is 6.07 Å². The Morgan fingerprint density at radius 1 is 0.436 bits per heavy atom. The third-order valence-electron chi connectivity index (χ3n) is 8.32. The van der Waals surface area contributed by atoms with Gasteiger partial charge in [-0.25, -0.2) is 0 Å². The Labute approximate surface area is 233 Å². The fourth-order valence-corrected chi connectivity index (χ4v) is 7.09. The molecular formula is C37H24ClN. The van der Waals surface area contributed by atoms with Crippen molar-refractivity contribution in [3.05, 3.63) is 173 Å². The Kier molecular flexibility index (Phi) is 4.86. The fraction of sp³-hybridized carbons (Fsp3) is 0.0270. The van der Waals surface area contributed by atoms with E-state index in [1.54, 1.807) is 0 Å². The highest BCUT2D eigenvalue weighted by atomic mass is 35.5. The molecule has 0 aromatic heterocycles. The second-order valence-corrected chi connectivity index (χ2v) is 10.7. The number of benzene rings is 6. The van der Waals surface area contributed by atoms with Crippen LogP contribution in [-0.2, 0) is 5.41 Å². The summed E-state index contributed by atoms with van der Waals surface area (Å²) in [5.41, 5.74) is 13.3. The molecule has 0 saturated carbocycles. The minimum absolute atomic E-state index is 0.405. The van der Waals surface area contributed by atoms with E-state index in [9.17, 15) is 0 Å². The van der Waals surface area contributed by atoms with Gasteiger partial charge in [0, 0.05) is 22.0 Å². The average Bonchev–Trinajstić information content (AvgIpc) is 3.46.